The number of rotatable bonds is 5. The molecule has 7 heteroatoms. The van der Waals surface area contributed by atoms with Crippen LogP contribution in [0.2, 0.25) is 0 Å². The van der Waals surface area contributed by atoms with Crippen LogP contribution in [0, 0.1) is 6.92 Å². The third-order valence-corrected chi connectivity index (χ3v) is 4.54. The zero-order valence-corrected chi connectivity index (χ0v) is 16.5. The number of carbonyl (C=O) groups is 1. The number of esters is 1. The molecule has 2 aromatic carbocycles. The molecule has 1 atom stereocenters. The summed E-state index contributed by atoms with van der Waals surface area (Å²) in [6, 6.07) is 12.0. The molecule has 1 aromatic heterocycles. The number of para-hydroxylation sites is 1. The largest absolute Gasteiger partial charge is 0.479 e. The van der Waals surface area contributed by atoms with Gasteiger partial charge in [-0.15, -0.1) is 0 Å². The Morgan fingerprint density at radius 2 is 1.93 bits per heavy atom. The summed E-state index contributed by atoms with van der Waals surface area (Å²) in [7, 11) is 1.29. The van der Waals surface area contributed by atoms with E-state index in [1.165, 1.54) is 7.11 Å². The smallest absolute Gasteiger partial charge is 0.346 e. The van der Waals surface area contributed by atoms with E-state index < -0.39 is 12.1 Å². The lowest BCUT2D eigenvalue weighted by molar-refractivity contribution is -0.147. The molecule has 0 aliphatic carbocycles. The van der Waals surface area contributed by atoms with Crippen molar-refractivity contribution in [2.75, 3.05) is 7.11 Å². The molecule has 0 spiro atoms. The molecule has 0 aliphatic heterocycles. The minimum atomic E-state index is -0.779. The molecular formula is C20H17BrO6. The normalized spacial score (nSPS) is 11.9. The van der Waals surface area contributed by atoms with Gasteiger partial charge in [-0.25, -0.2) is 4.79 Å². The number of ether oxygens (including phenoxy) is 3. The van der Waals surface area contributed by atoms with E-state index in [0.717, 1.165) is 4.47 Å². The van der Waals surface area contributed by atoms with E-state index >= 15 is 0 Å². The van der Waals surface area contributed by atoms with E-state index in [2.05, 4.69) is 20.7 Å². The van der Waals surface area contributed by atoms with Gasteiger partial charge >= 0.3 is 5.97 Å². The van der Waals surface area contributed by atoms with Crippen molar-refractivity contribution in [3.8, 4) is 17.2 Å². The lowest BCUT2D eigenvalue weighted by Crippen LogP contribution is -2.24. The van der Waals surface area contributed by atoms with Crippen molar-refractivity contribution in [1.29, 1.82) is 0 Å². The van der Waals surface area contributed by atoms with Crippen LogP contribution in [0.4, 0.5) is 0 Å². The predicted molar refractivity (Wildman–Crippen MR) is 104 cm³/mol. The van der Waals surface area contributed by atoms with Gasteiger partial charge in [0.25, 0.3) is 0 Å². The van der Waals surface area contributed by atoms with Crippen LogP contribution in [0.3, 0.4) is 0 Å². The lowest BCUT2D eigenvalue weighted by Gasteiger charge is -2.13. The van der Waals surface area contributed by atoms with Crippen molar-refractivity contribution < 1.29 is 23.4 Å². The van der Waals surface area contributed by atoms with E-state index in [0.29, 0.717) is 28.2 Å². The van der Waals surface area contributed by atoms with E-state index in [1.807, 2.05) is 18.2 Å². The van der Waals surface area contributed by atoms with Gasteiger partial charge < -0.3 is 18.6 Å². The molecule has 3 rings (SSSR count). The highest BCUT2D eigenvalue weighted by Gasteiger charge is 2.18. The second kappa shape index (κ2) is 7.84. The molecule has 0 aliphatic rings. The molecule has 0 fully saturated rings. The van der Waals surface area contributed by atoms with Gasteiger partial charge in [-0.1, -0.05) is 12.1 Å². The predicted octanol–water partition coefficient (Wildman–Crippen LogP) is 4.60. The van der Waals surface area contributed by atoms with Crippen molar-refractivity contribution in [3.63, 3.8) is 0 Å². The first-order chi connectivity index (χ1) is 12.9. The van der Waals surface area contributed by atoms with Crippen molar-refractivity contribution in [2.24, 2.45) is 0 Å². The number of halogens is 1. The summed E-state index contributed by atoms with van der Waals surface area (Å²) in [5.41, 5.74) is 0.0450. The van der Waals surface area contributed by atoms with E-state index in [9.17, 15) is 9.59 Å². The van der Waals surface area contributed by atoms with Gasteiger partial charge in [0, 0.05) is 6.07 Å². The fourth-order valence-electron chi connectivity index (χ4n) is 2.52. The molecule has 1 unspecified atom stereocenters. The van der Waals surface area contributed by atoms with Gasteiger partial charge in [-0.2, -0.15) is 0 Å². The summed E-state index contributed by atoms with van der Waals surface area (Å²) in [6.45, 7) is 3.23. The Bertz CT molecular complexity index is 1060. The molecule has 0 bridgehead atoms. The third kappa shape index (κ3) is 3.98. The van der Waals surface area contributed by atoms with Crippen LogP contribution in [-0.2, 0) is 9.53 Å². The second-order valence-electron chi connectivity index (χ2n) is 5.79. The molecule has 0 N–H and O–H groups in total. The number of hydrogen-bond acceptors (Lipinski definition) is 6. The molecule has 0 radical (unpaired) electrons. The SMILES string of the molecule is COC(=O)C(C)Oc1ccc2c(=O)c(Oc3ccccc3Br)c(C)oc2c1. The van der Waals surface area contributed by atoms with Crippen LogP contribution in [-0.4, -0.2) is 19.2 Å². The number of benzene rings is 2. The summed E-state index contributed by atoms with van der Waals surface area (Å²) >= 11 is 3.39. The van der Waals surface area contributed by atoms with E-state index in [-0.39, 0.29) is 11.2 Å². The first-order valence-corrected chi connectivity index (χ1v) is 8.94. The number of carbonyl (C=O) groups excluding carboxylic acids is 1. The molecule has 0 saturated heterocycles. The summed E-state index contributed by atoms with van der Waals surface area (Å²) in [6.07, 6.45) is -0.779. The fourth-order valence-corrected chi connectivity index (χ4v) is 2.88. The molecule has 3 aromatic rings. The average molecular weight is 433 g/mol. The molecule has 140 valence electrons. The monoisotopic (exact) mass is 432 g/mol. The van der Waals surface area contributed by atoms with Crippen LogP contribution < -0.4 is 14.9 Å². The first kappa shape index (κ1) is 19.0. The van der Waals surface area contributed by atoms with Crippen molar-refractivity contribution in [2.45, 2.75) is 20.0 Å². The van der Waals surface area contributed by atoms with Crippen molar-refractivity contribution in [3.05, 3.63) is 62.9 Å². The zero-order valence-electron chi connectivity index (χ0n) is 14.9. The van der Waals surface area contributed by atoms with Crippen LogP contribution >= 0.6 is 15.9 Å². The Labute approximate surface area is 163 Å². The highest BCUT2D eigenvalue weighted by Crippen LogP contribution is 2.31. The Morgan fingerprint density at radius 3 is 2.63 bits per heavy atom. The maximum Gasteiger partial charge on any atom is 0.346 e. The summed E-state index contributed by atoms with van der Waals surface area (Å²) in [5, 5.41) is 0.348. The Kier molecular flexibility index (Phi) is 5.51. The summed E-state index contributed by atoms with van der Waals surface area (Å²) in [4.78, 5) is 24.3. The molecule has 0 saturated carbocycles. The Balaban J connectivity index is 1.98. The number of fused-ring (bicyclic) bond motifs is 1. The maximum absolute atomic E-state index is 12.8. The topological polar surface area (TPSA) is 75.0 Å². The Hall–Kier alpha value is -2.80. The molecule has 27 heavy (non-hydrogen) atoms. The van der Waals surface area contributed by atoms with Gasteiger partial charge in [0.1, 0.15) is 22.8 Å². The second-order valence-corrected chi connectivity index (χ2v) is 6.64. The highest BCUT2D eigenvalue weighted by molar-refractivity contribution is 9.10. The van der Waals surface area contributed by atoms with Gasteiger partial charge in [0.15, 0.2) is 6.10 Å². The average Bonchev–Trinajstić information content (AvgIpc) is 2.65. The van der Waals surface area contributed by atoms with Gasteiger partial charge in [-0.05, 0) is 54.0 Å². The first-order valence-electron chi connectivity index (χ1n) is 8.15. The fraction of sp³-hybridized carbons (Fsp3) is 0.200. The lowest BCUT2D eigenvalue weighted by atomic mass is 10.2. The number of aryl methyl sites for hydroxylation is 1. The van der Waals surface area contributed by atoms with Gasteiger partial charge in [-0.3, -0.25) is 4.79 Å². The highest BCUT2D eigenvalue weighted by atomic mass is 79.9. The van der Waals surface area contributed by atoms with Crippen LogP contribution in [0.1, 0.15) is 12.7 Å². The van der Waals surface area contributed by atoms with E-state index in [1.54, 1.807) is 38.1 Å². The van der Waals surface area contributed by atoms with Crippen LogP contribution in [0.25, 0.3) is 11.0 Å². The minimum Gasteiger partial charge on any atom is -0.479 e. The Morgan fingerprint density at radius 1 is 1.19 bits per heavy atom. The zero-order chi connectivity index (χ0) is 19.6. The molecule has 1 heterocycles. The van der Waals surface area contributed by atoms with E-state index in [4.69, 9.17) is 13.9 Å². The quantitative estimate of drug-likeness (QED) is 0.548. The minimum absolute atomic E-state index is 0.117. The standard InChI is InChI=1S/C20H17BrO6/c1-11-19(27-16-7-5-4-6-15(16)21)18(22)14-9-8-13(10-17(14)26-11)25-12(2)20(23)24-3/h4-10,12H,1-3H3. The van der Waals surface area contributed by atoms with Gasteiger partial charge in [0.2, 0.25) is 11.2 Å². The van der Waals surface area contributed by atoms with Crippen molar-refractivity contribution >= 4 is 32.9 Å². The summed E-state index contributed by atoms with van der Waals surface area (Å²) in [5.74, 6) is 0.860. The maximum atomic E-state index is 12.8. The van der Waals surface area contributed by atoms with Crippen molar-refractivity contribution in [1.82, 2.24) is 0 Å². The number of methoxy groups -OCH3 is 1. The molecule has 6 nitrogen and oxygen atoms in total. The number of hydrogen-bond donors (Lipinski definition) is 0. The molecule has 0 amide bonds. The van der Waals surface area contributed by atoms with Gasteiger partial charge in [0.05, 0.1) is 17.0 Å². The third-order valence-electron chi connectivity index (χ3n) is 3.88. The molecular weight excluding hydrogens is 416 g/mol. The van der Waals surface area contributed by atoms with Crippen LogP contribution in [0.5, 0.6) is 17.2 Å². The van der Waals surface area contributed by atoms with Crippen LogP contribution in [0.15, 0.2) is 56.1 Å². The summed E-state index contributed by atoms with van der Waals surface area (Å²) < 4.78 is 22.4.